The molecule has 5 aromatic rings. The van der Waals surface area contributed by atoms with Crippen LogP contribution < -0.4 is 9.64 Å². The van der Waals surface area contributed by atoms with Gasteiger partial charge in [-0.15, -0.1) is 0 Å². The number of hydrogen-bond donors (Lipinski definition) is 0. The van der Waals surface area contributed by atoms with Crippen LogP contribution in [0.5, 0.6) is 11.5 Å². The van der Waals surface area contributed by atoms with E-state index in [1.54, 1.807) is 0 Å². The summed E-state index contributed by atoms with van der Waals surface area (Å²) < 4.78 is 7.42. The zero-order chi connectivity index (χ0) is 33.8. The summed E-state index contributed by atoms with van der Waals surface area (Å²) in [5, 5.41) is 0. The third-order valence-electron chi connectivity index (χ3n) is 13.9. The third kappa shape index (κ3) is 4.33. The molecule has 4 saturated carbocycles. The Morgan fingerprint density at radius 1 is 0.540 bits per heavy atom. The molecule has 2 nitrogen and oxygen atoms in total. The second-order valence-corrected chi connectivity index (χ2v) is 17.6. The van der Waals surface area contributed by atoms with Crippen LogP contribution >= 0.6 is 0 Å². The van der Waals surface area contributed by atoms with Gasteiger partial charge in [-0.25, -0.2) is 0 Å². The SMILES string of the molecule is CC1(C)CCC(C)(C)c2c(N(c3ccccc3)c3cccc4c3Oc3cc(-c5ccccc5)ccc3C43C4CC5CC(C4)CC3C5)cccc21. The highest BCUT2D eigenvalue weighted by atomic mass is 16.5. The van der Waals surface area contributed by atoms with Crippen LogP contribution in [0.3, 0.4) is 0 Å². The van der Waals surface area contributed by atoms with Gasteiger partial charge in [-0.05, 0) is 132 Å². The van der Waals surface area contributed by atoms with Crippen molar-refractivity contribution < 1.29 is 4.74 Å². The zero-order valence-corrected chi connectivity index (χ0v) is 30.1. The van der Waals surface area contributed by atoms with E-state index < -0.39 is 0 Å². The van der Waals surface area contributed by atoms with Crippen molar-refractivity contribution in [1.82, 2.24) is 0 Å². The number of ether oxygens (including phenoxy) is 1. The van der Waals surface area contributed by atoms with Crippen LogP contribution in [-0.2, 0) is 16.2 Å². The maximum Gasteiger partial charge on any atom is 0.155 e. The summed E-state index contributed by atoms with van der Waals surface area (Å²) in [6.07, 6.45) is 9.17. The predicted molar refractivity (Wildman–Crippen MR) is 206 cm³/mol. The first-order chi connectivity index (χ1) is 24.2. The lowest BCUT2D eigenvalue weighted by atomic mass is 9.41. The first-order valence-corrected chi connectivity index (χ1v) is 19.2. The van der Waals surface area contributed by atoms with Crippen LogP contribution in [0, 0.1) is 23.7 Å². The molecule has 5 aliphatic carbocycles. The number of hydrogen-bond acceptors (Lipinski definition) is 2. The van der Waals surface area contributed by atoms with E-state index in [0.717, 1.165) is 29.0 Å². The van der Waals surface area contributed by atoms with Gasteiger partial charge in [0.15, 0.2) is 5.75 Å². The minimum absolute atomic E-state index is 0.0265. The summed E-state index contributed by atoms with van der Waals surface area (Å²) in [4.78, 5) is 2.55. The van der Waals surface area contributed by atoms with Gasteiger partial charge in [0.05, 0.1) is 11.4 Å². The Morgan fingerprint density at radius 3 is 1.86 bits per heavy atom. The minimum atomic E-state index is -0.0265. The van der Waals surface area contributed by atoms with E-state index in [-0.39, 0.29) is 16.2 Å². The van der Waals surface area contributed by atoms with Crippen molar-refractivity contribution in [3.63, 3.8) is 0 Å². The van der Waals surface area contributed by atoms with Gasteiger partial charge in [-0.2, -0.15) is 0 Å². The van der Waals surface area contributed by atoms with Crippen molar-refractivity contribution in [2.75, 3.05) is 4.90 Å². The van der Waals surface area contributed by atoms with Crippen LogP contribution in [0.15, 0.2) is 115 Å². The Balaban J connectivity index is 1.24. The molecule has 1 heterocycles. The molecule has 6 aliphatic rings. The van der Waals surface area contributed by atoms with Crippen LogP contribution in [-0.4, -0.2) is 0 Å². The van der Waals surface area contributed by atoms with Crippen LogP contribution in [0.1, 0.15) is 94.9 Å². The second kappa shape index (κ2) is 10.8. The Labute approximate surface area is 298 Å². The van der Waals surface area contributed by atoms with E-state index in [1.807, 2.05) is 0 Å². The molecular formula is C48H49NO. The van der Waals surface area contributed by atoms with E-state index >= 15 is 0 Å². The molecule has 0 saturated heterocycles. The van der Waals surface area contributed by atoms with E-state index in [2.05, 4.69) is 148 Å². The fraction of sp³-hybridized carbons (Fsp3) is 0.375. The van der Waals surface area contributed by atoms with Gasteiger partial charge in [0, 0.05) is 22.2 Å². The van der Waals surface area contributed by atoms with Crippen LogP contribution in [0.2, 0.25) is 0 Å². The minimum Gasteiger partial charge on any atom is -0.454 e. The van der Waals surface area contributed by atoms with Crippen LogP contribution in [0.25, 0.3) is 11.1 Å². The molecule has 0 atom stereocenters. The summed E-state index contributed by atoms with van der Waals surface area (Å²) >= 11 is 0. The number of fused-ring (bicyclic) bond motifs is 3. The Morgan fingerprint density at radius 2 is 1.16 bits per heavy atom. The molecule has 0 aromatic heterocycles. The number of benzene rings is 5. The van der Waals surface area contributed by atoms with E-state index in [1.165, 1.54) is 89.7 Å². The van der Waals surface area contributed by atoms with Crippen molar-refractivity contribution in [2.45, 2.75) is 88.9 Å². The lowest BCUT2D eigenvalue weighted by molar-refractivity contribution is -0.0451. The predicted octanol–water partition coefficient (Wildman–Crippen LogP) is 13.0. The number of rotatable bonds is 4. The van der Waals surface area contributed by atoms with Gasteiger partial charge in [-0.1, -0.05) is 113 Å². The molecule has 1 spiro atoms. The molecule has 11 rings (SSSR count). The molecule has 4 bridgehead atoms. The molecule has 50 heavy (non-hydrogen) atoms. The third-order valence-corrected chi connectivity index (χ3v) is 13.9. The number of nitrogens with zero attached hydrogens (tertiary/aromatic N) is 1. The average molecular weight is 656 g/mol. The Hall–Kier alpha value is -4.30. The van der Waals surface area contributed by atoms with Crippen molar-refractivity contribution in [3.8, 4) is 22.6 Å². The van der Waals surface area contributed by atoms with Crippen molar-refractivity contribution >= 4 is 17.1 Å². The largest absolute Gasteiger partial charge is 0.454 e. The Kier molecular flexibility index (Phi) is 6.62. The standard InChI is InChI=1S/C48H49NO/c1-46(2)23-24-47(3,4)44-39(46)17-11-19-41(44)49(37-15-9-6-10-16-37)42-20-12-18-40-45(42)50-43-30-34(33-13-7-5-8-14-33)21-22-38(43)48(40)35-26-31-25-32(28-35)29-36(48)27-31/h5-22,30-32,35-36H,23-29H2,1-4H3. The molecule has 2 heteroatoms. The molecule has 0 amide bonds. The van der Waals surface area contributed by atoms with E-state index in [4.69, 9.17) is 4.74 Å². The lowest BCUT2D eigenvalue weighted by Gasteiger charge is -2.63. The first kappa shape index (κ1) is 30.5. The van der Waals surface area contributed by atoms with Gasteiger partial charge in [0.1, 0.15) is 5.75 Å². The number of anilines is 3. The van der Waals surface area contributed by atoms with Gasteiger partial charge >= 0.3 is 0 Å². The fourth-order valence-electron chi connectivity index (χ4n) is 11.8. The fourth-order valence-corrected chi connectivity index (χ4v) is 11.8. The zero-order valence-electron chi connectivity index (χ0n) is 30.1. The molecule has 1 aliphatic heterocycles. The van der Waals surface area contributed by atoms with Gasteiger partial charge in [0.2, 0.25) is 0 Å². The highest BCUT2D eigenvalue weighted by Crippen LogP contribution is 2.70. The molecule has 5 aromatic carbocycles. The summed E-state index contributed by atoms with van der Waals surface area (Å²) in [5.74, 6) is 5.17. The summed E-state index contributed by atoms with van der Waals surface area (Å²) in [7, 11) is 0. The van der Waals surface area contributed by atoms with Gasteiger partial charge in [0.25, 0.3) is 0 Å². The topological polar surface area (TPSA) is 12.5 Å². The Bertz CT molecular complexity index is 2080. The molecule has 0 N–H and O–H groups in total. The maximum atomic E-state index is 7.42. The normalized spacial score (nSPS) is 27.6. The average Bonchev–Trinajstić information content (AvgIpc) is 3.12. The summed E-state index contributed by atoms with van der Waals surface area (Å²) in [6.45, 7) is 9.77. The van der Waals surface area contributed by atoms with Gasteiger partial charge in [-0.3, -0.25) is 0 Å². The van der Waals surface area contributed by atoms with E-state index in [9.17, 15) is 0 Å². The maximum absolute atomic E-state index is 7.42. The van der Waals surface area contributed by atoms with Crippen LogP contribution in [0.4, 0.5) is 17.1 Å². The highest BCUT2D eigenvalue weighted by Gasteiger charge is 2.61. The quantitative estimate of drug-likeness (QED) is 0.191. The van der Waals surface area contributed by atoms with Crippen molar-refractivity contribution in [3.05, 3.63) is 138 Å². The second-order valence-electron chi connectivity index (χ2n) is 17.6. The first-order valence-electron chi connectivity index (χ1n) is 19.2. The van der Waals surface area contributed by atoms with Crippen molar-refractivity contribution in [1.29, 1.82) is 0 Å². The number of para-hydroxylation sites is 2. The molecule has 252 valence electrons. The van der Waals surface area contributed by atoms with E-state index in [0.29, 0.717) is 11.8 Å². The summed E-state index contributed by atoms with van der Waals surface area (Å²) in [6, 6.07) is 43.3. The van der Waals surface area contributed by atoms with Crippen molar-refractivity contribution in [2.24, 2.45) is 23.7 Å². The monoisotopic (exact) mass is 655 g/mol. The molecular weight excluding hydrogens is 607 g/mol. The summed E-state index contributed by atoms with van der Waals surface area (Å²) in [5.41, 5.74) is 12.0. The molecule has 0 unspecified atom stereocenters. The smallest absolute Gasteiger partial charge is 0.155 e. The lowest BCUT2D eigenvalue weighted by Crippen LogP contribution is -2.57. The molecule has 0 radical (unpaired) electrons. The van der Waals surface area contributed by atoms with Gasteiger partial charge < -0.3 is 9.64 Å². The highest BCUT2D eigenvalue weighted by molar-refractivity contribution is 5.86. The molecule has 4 fully saturated rings.